The van der Waals surface area contributed by atoms with Crippen LogP contribution in [-0.2, 0) is 9.59 Å². The fourth-order valence-corrected chi connectivity index (χ4v) is 3.10. The molecule has 1 aliphatic rings. The molecular weight excluding hydrogens is 376 g/mol. The van der Waals surface area contributed by atoms with E-state index in [1.54, 1.807) is 42.5 Å². The van der Waals surface area contributed by atoms with Gasteiger partial charge >= 0.3 is 5.97 Å². The Kier molecular flexibility index (Phi) is 5.60. The topological polar surface area (TPSA) is 88.0 Å². The average Bonchev–Trinajstić information content (AvgIpc) is 2.95. The van der Waals surface area contributed by atoms with Crippen LogP contribution in [-0.4, -0.2) is 28.8 Å². The van der Waals surface area contributed by atoms with E-state index >= 15 is 0 Å². The summed E-state index contributed by atoms with van der Waals surface area (Å²) in [5.74, 6) is -0.841. The lowest BCUT2D eigenvalue weighted by molar-refractivity contribution is -0.139. The van der Waals surface area contributed by atoms with Gasteiger partial charge in [-0.25, -0.2) is 9.79 Å². The van der Waals surface area contributed by atoms with Gasteiger partial charge in [-0.05, 0) is 47.7 Å². The number of ether oxygens (including phenoxy) is 1. The van der Waals surface area contributed by atoms with Gasteiger partial charge in [0.05, 0.1) is 15.6 Å². The number of nitrogens with zero attached hydrogens (tertiary/aromatic N) is 1. The van der Waals surface area contributed by atoms with Crippen LogP contribution >= 0.6 is 23.4 Å². The molecule has 6 nitrogen and oxygen atoms in total. The first-order valence-corrected chi connectivity index (χ1v) is 8.69. The summed E-state index contributed by atoms with van der Waals surface area (Å²) >= 11 is 7.29. The zero-order valence-electron chi connectivity index (χ0n) is 13.3. The second-order valence-corrected chi connectivity index (χ2v) is 6.62. The summed E-state index contributed by atoms with van der Waals surface area (Å²) in [6, 6.07) is 13.9. The number of carbonyl (C=O) groups is 2. The molecule has 1 fully saturated rings. The summed E-state index contributed by atoms with van der Waals surface area (Å²) in [6.45, 7) is -0.402. The molecule has 2 aromatic carbocycles. The second-order valence-electron chi connectivity index (χ2n) is 5.18. The molecule has 1 aliphatic heterocycles. The van der Waals surface area contributed by atoms with Gasteiger partial charge in [0, 0.05) is 0 Å². The Morgan fingerprint density at radius 2 is 1.96 bits per heavy atom. The molecule has 2 aromatic rings. The Labute approximate surface area is 158 Å². The largest absolute Gasteiger partial charge is 0.482 e. The van der Waals surface area contributed by atoms with E-state index in [9.17, 15) is 9.59 Å². The van der Waals surface area contributed by atoms with Crippen LogP contribution in [0.2, 0.25) is 5.02 Å². The Bertz CT molecular complexity index is 910. The highest BCUT2D eigenvalue weighted by Crippen LogP contribution is 2.30. The number of carboxylic acid groups (broad SMARTS) is 1. The molecule has 0 aromatic heterocycles. The number of nitrogens with one attached hydrogen (secondary N) is 1. The molecule has 26 heavy (non-hydrogen) atoms. The summed E-state index contributed by atoms with van der Waals surface area (Å²) in [7, 11) is 0. The quantitative estimate of drug-likeness (QED) is 0.762. The second kappa shape index (κ2) is 8.07. The Morgan fingerprint density at radius 1 is 1.23 bits per heavy atom. The summed E-state index contributed by atoms with van der Waals surface area (Å²) in [5, 5.41) is 12.3. The van der Waals surface area contributed by atoms with Gasteiger partial charge in [-0.1, -0.05) is 35.9 Å². The molecule has 0 spiro atoms. The first-order chi connectivity index (χ1) is 12.5. The molecule has 0 unspecified atom stereocenters. The maximum Gasteiger partial charge on any atom is 0.341 e. The molecule has 0 bridgehead atoms. The molecule has 0 aliphatic carbocycles. The smallest absolute Gasteiger partial charge is 0.341 e. The maximum atomic E-state index is 12.1. The van der Waals surface area contributed by atoms with Gasteiger partial charge in [0.25, 0.3) is 5.91 Å². The number of carboxylic acids is 1. The molecule has 0 saturated carbocycles. The molecule has 1 saturated heterocycles. The Balaban J connectivity index is 1.72. The summed E-state index contributed by atoms with van der Waals surface area (Å²) in [6.07, 6.45) is 1.72. The predicted octanol–water partition coefficient (Wildman–Crippen LogP) is 3.70. The number of carbonyl (C=O) groups excluding carboxylic acids is 1. The Morgan fingerprint density at radius 3 is 2.65 bits per heavy atom. The van der Waals surface area contributed by atoms with E-state index in [1.807, 2.05) is 12.1 Å². The number of amidine groups is 1. The molecule has 132 valence electrons. The molecule has 8 heteroatoms. The number of benzene rings is 2. The number of aliphatic carboxylic acids is 1. The van der Waals surface area contributed by atoms with Gasteiger partial charge in [-0.2, -0.15) is 0 Å². The van der Waals surface area contributed by atoms with Gasteiger partial charge < -0.3 is 15.2 Å². The molecule has 3 rings (SSSR count). The van der Waals surface area contributed by atoms with E-state index in [0.717, 1.165) is 5.56 Å². The maximum absolute atomic E-state index is 12.1. The lowest BCUT2D eigenvalue weighted by Gasteiger charge is -2.03. The van der Waals surface area contributed by atoms with Gasteiger partial charge in [-0.15, -0.1) is 0 Å². The van der Waals surface area contributed by atoms with Crippen molar-refractivity contribution in [3.8, 4) is 5.75 Å². The number of thioether (sulfide) groups is 1. The van der Waals surface area contributed by atoms with Gasteiger partial charge in [-0.3, -0.25) is 4.79 Å². The SMILES string of the molecule is O=C(O)COc1ccc(/C=C2/SC(=Nc3ccccc3Cl)NC2=O)cc1. The van der Waals surface area contributed by atoms with E-state index < -0.39 is 12.6 Å². The van der Waals surface area contributed by atoms with Crippen LogP contribution in [0.15, 0.2) is 58.4 Å². The number of amides is 1. The average molecular weight is 389 g/mol. The van der Waals surface area contributed by atoms with Gasteiger partial charge in [0.2, 0.25) is 0 Å². The molecule has 1 amide bonds. The van der Waals surface area contributed by atoms with Crippen molar-refractivity contribution in [2.75, 3.05) is 6.61 Å². The van der Waals surface area contributed by atoms with Crippen molar-refractivity contribution in [2.45, 2.75) is 0 Å². The molecule has 0 atom stereocenters. The van der Waals surface area contributed by atoms with Crippen LogP contribution in [0.25, 0.3) is 6.08 Å². The third-order valence-electron chi connectivity index (χ3n) is 3.27. The third-order valence-corrected chi connectivity index (χ3v) is 4.49. The normalized spacial score (nSPS) is 16.7. The lowest BCUT2D eigenvalue weighted by Crippen LogP contribution is -2.19. The number of hydrogen-bond donors (Lipinski definition) is 2. The van der Waals surface area contributed by atoms with Crippen LogP contribution in [0.4, 0.5) is 5.69 Å². The zero-order chi connectivity index (χ0) is 18.5. The molecule has 2 N–H and O–H groups in total. The third kappa shape index (κ3) is 4.65. The Hall–Kier alpha value is -2.77. The summed E-state index contributed by atoms with van der Waals surface area (Å²) < 4.78 is 5.07. The van der Waals surface area contributed by atoms with E-state index in [1.165, 1.54) is 11.8 Å². The van der Waals surface area contributed by atoms with E-state index in [-0.39, 0.29) is 5.91 Å². The number of para-hydroxylation sites is 1. The van der Waals surface area contributed by atoms with Crippen molar-refractivity contribution in [1.82, 2.24) is 5.32 Å². The summed E-state index contributed by atoms with van der Waals surface area (Å²) in [5.41, 5.74) is 1.36. The zero-order valence-corrected chi connectivity index (χ0v) is 14.9. The summed E-state index contributed by atoms with van der Waals surface area (Å²) in [4.78, 5) is 27.4. The first-order valence-electron chi connectivity index (χ1n) is 7.50. The molecule has 0 radical (unpaired) electrons. The number of rotatable bonds is 5. The molecule has 1 heterocycles. The van der Waals surface area contributed by atoms with Crippen molar-refractivity contribution >= 4 is 52.2 Å². The highest BCUT2D eigenvalue weighted by molar-refractivity contribution is 8.18. The lowest BCUT2D eigenvalue weighted by atomic mass is 10.2. The van der Waals surface area contributed by atoms with Crippen LogP contribution in [0.5, 0.6) is 5.75 Å². The number of halogens is 1. The number of hydrogen-bond acceptors (Lipinski definition) is 5. The minimum absolute atomic E-state index is 0.244. The standard InChI is InChI=1S/C18H13ClN2O4S/c19-13-3-1-2-4-14(13)20-18-21-17(24)15(26-18)9-11-5-7-12(8-6-11)25-10-16(22)23/h1-9H,10H2,(H,22,23)(H,20,21,24)/b15-9+. The van der Waals surface area contributed by atoms with Crippen LogP contribution in [0.1, 0.15) is 5.56 Å². The highest BCUT2D eigenvalue weighted by atomic mass is 35.5. The van der Waals surface area contributed by atoms with Crippen molar-refractivity contribution < 1.29 is 19.4 Å². The fraction of sp³-hybridized carbons (Fsp3) is 0.0556. The highest BCUT2D eigenvalue weighted by Gasteiger charge is 2.24. The van der Waals surface area contributed by atoms with Crippen molar-refractivity contribution in [2.24, 2.45) is 4.99 Å². The van der Waals surface area contributed by atoms with Crippen LogP contribution < -0.4 is 10.1 Å². The van der Waals surface area contributed by atoms with Gasteiger partial charge in [0.1, 0.15) is 5.75 Å². The van der Waals surface area contributed by atoms with Crippen LogP contribution in [0, 0.1) is 0 Å². The van der Waals surface area contributed by atoms with Crippen molar-refractivity contribution in [1.29, 1.82) is 0 Å². The van der Waals surface area contributed by atoms with E-state index in [2.05, 4.69) is 10.3 Å². The van der Waals surface area contributed by atoms with E-state index in [4.69, 9.17) is 21.4 Å². The van der Waals surface area contributed by atoms with Crippen molar-refractivity contribution in [3.05, 3.63) is 64.0 Å². The van der Waals surface area contributed by atoms with E-state index in [0.29, 0.717) is 26.5 Å². The first kappa shape index (κ1) is 18.0. The van der Waals surface area contributed by atoms with Crippen LogP contribution in [0.3, 0.4) is 0 Å². The number of aliphatic imine (C=N–C) groups is 1. The minimum atomic E-state index is -1.04. The molecular formula is C18H13ClN2O4S. The monoisotopic (exact) mass is 388 g/mol. The van der Waals surface area contributed by atoms with Gasteiger partial charge in [0.15, 0.2) is 11.8 Å². The van der Waals surface area contributed by atoms with Crippen molar-refractivity contribution in [3.63, 3.8) is 0 Å². The fourth-order valence-electron chi connectivity index (χ4n) is 2.09. The predicted molar refractivity (Wildman–Crippen MR) is 102 cm³/mol. The minimum Gasteiger partial charge on any atom is -0.482 e.